The second-order valence-corrected chi connectivity index (χ2v) is 6.09. The third kappa shape index (κ3) is 5.51. The molecule has 1 amide bonds. The highest BCUT2D eigenvalue weighted by Crippen LogP contribution is 2.24. The summed E-state index contributed by atoms with van der Waals surface area (Å²) in [6.07, 6.45) is 8.97. The highest BCUT2D eigenvalue weighted by atomic mass is 16.4. The minimum absolute atomic E-state index is 0.0745. The number of nitrogens with zero attached hydrogens (tertiary/aromatic N) is 1. The van der Waals surface area contributed by atoms with Gasteiger partial charge < -0.3 is 10.0 Å². The van der Waals surface area contributed by atoms with E-state index in [-0.39, 0.29) is 17.7 Å². The summed E-state index contributed by atoms with van der Waals surface area (Å²) in [5.41, 5.74) is 0. The summed E-state index contributed by atoms with van der Waals surface area (Å²) in [6, 6.07) is 0. The molecule has 0 bridgehead atoms. The third-order valence-corrected chi connectivity index (χ3v) is 4.28. The lowest BCUT2D eigenvalue weighted by atomic mass is 9.99. The van der Waals surface area contributed by atoms with Crippen molar-refractivity contribution in [3.63, 3.8) is 0 Å². The lowest BCUT2D eigenvalue weighted by Crippen LogP contribution is -2.29. The smallest absolute Gasteiger partial charge is 0.308 e. The van der Waals surface area contributed by atoms with Crippen LogP contribution in [0.4, 0.5) is 0 Å². The molecule has 0 aliphatic carbocycles. The monoisotopic (exact) mass is 283 g/mol. The Morgan fingerprint density at radius 3 is 2.20 bits per heavy atom. The molecule has 1 heterocycles. The van der Waals surface area contributed by atoms with Gasteiger partial charge >= 0.3 is 5.97 Å². The van der Waals surface area contributed by atoms with Crippen LogP contribution in [0.1, 0.15) is 65.2 Å². The summed E-state index contributed by atoms with van der Waals surface area (Å²) >= 11 is 0. The van der Waals surface area contributed by atoms with Crippen LogP contribution in [-0.2, 0) is 9.59 Å². The van der Waals surface area contributed by atoms with Gasteiger partial charge in [0.1, 0.15) is 0 Å². The Morgan fingerprint density at radius 1 is 1.05 bits per heavy atom. The van der Waals surface area contributed by atoms with Crippen LogP contribution in [0.15, 0.2) is 0 Å². The van der Waals surface area contributed by atoms with Crippen LogP contribution in [-0.4, -0.2) is 35.0 Å². The fourth-order valence-electron chi connectivity index (χ4n) is 2.88. The van der Waals surface area contributed by atoms with Crippen molar-refractivity contribution in [1.29, 1.82) is 0 Å². The number of carbonyl (C=O) groups excluding carboxylic acids is 1. The van der Waals surface area contributed by atoms with Crippen LogP contribution in [0.25, 0.3) is 0 Å². The minimum atomic E-state index is -0.774. The Balaban J connectivity index is 2.13. The van der Waals surface area contributed by atoms with Crippen molar-refractivity contribution in [2.75, 3.05) is 13.1 Å². The fourth-order valence-corrected chi connectivity index (χ4v) is 2.88. The van der Waals surface area contributed by atoms with Crippen molar-refractivity contribution in [3.05, 3.63) is 0 Å². The van der Waals surface area contributed by atoms with Crippen LogP contribution in [0, 0.1) is 11.8 Å². The van der Waals surface area contributed by atoms with Crippen molar-refractivity contribution >= 4 is 11.9 Å². The molecule has 116 valence electrons. The maximum Gasteiger partial charge on any atom is 0.308 e. The zero-order chi connectivity index (χ0) is 15.0. The molecule has 20 heavy (non-hydrogen) atoms. The summed E-state index contributed by atoms with van der Waals surface area (Å²) < 4.78 is 0. The Hall–Kier alpha value is -1.06. The van der Waals surface area contributed by atoms with E-state index in [1.807, 2.05) is 6.92 Å². The molecule has 4 nitrogen and oxygen atoms in total. The van der Waals surface area contributed by atoms with Gasteiger partial charge in [-0.1, -0.05) is 52.4 Å². The Bertz CT molecular complexity index is 317. The number of aliphatic carboxylic acids is 1. The van der Waals surface area contributed by atoms with Crippen LogP contribution >= 0.6 is 0 Å². The number of unbranched alkanes of at least 4 members (excludes halogenated alkanes) is 6. The van der Waals surface area contributed by atoms with Gasteiger partial charge in [-0.3, -0.25) is 9.59 Å². The summed E-state index contributed by atoms with van der Waals surface area (Å²) in [7, 11) is 0. The highest BCUT2D eigenvalue weighted by Gasteiger charge is 2.36. The zero-order valence-corrected chi connectivity index (χ0v) is 12.9. The van der Waals surface area contributed by atoms with Crippen LogP contribution in [0.2, 0.25) is 0 Å². The highest BCUT2D eigenvalue weighted by molar-refractivity contribution is 5.78. The van der Waals surface area contributed by atoms with Gasteiger partial charge in [0.15, 0.2) is 0 Å². The maximum atomic E-state index is 12.0. The van der Waals surface area contributed by atoms with E-state index in [9.17, 15) is 9.59 Å². The quantitative estimate of drug-likeness (QED) is 0.660. The maximum absolute atomic E-state index is 12.0. The largest absolute Gasteiger partial charge is 0.481 e. The first-order valence-electron chi connectivity index (χ1n) is 8.06. The van der Waals surface area contributed by atoms with Crippen molar-refractivity contribution in [1.82, 2.24) is 4.90 Å². The number of amides is 1. The molecule has 1 rings (SSSR count). The molecule has 1 saturated heterocycles. The topological polar surface area (TPSA) is 57.6 Å². The SMILES string of the molecule is CCCCCCCCCC(=O)N1CC(C)C(C(=O)O)C1. The molecule has 2 atom stereocenters. The molecule has 0 aromatic rings. The Morgan fingerprint density at radius 2 is 1.65 bits per heavy atom. The summed E-state index contributed by atoms with van der Waals surface area (Å²) in [5, 5.41) is 9.06. The van der Waals surface area contributed by atoms with Gasteiger partial charge in [-0.15, -0.1) is 0 Å². The predicted molar refractivity (Wildman–Crippen MR) is 79.5 cm³/mol. The molecule has 1 aliphatic heterocycles. The molecule has 2 unspecified atom stereocenters. The molecule has 1 fully saturated rings. The van der Waals surface area contributed by atoms with E-state index in [0.717, 1.165) is 12.8 Å². The first-order chi connectivity index (χ1) is 9.56. The zero-order valence-electron chi connectivity index (χ0n) is 12.9. The lowest BCUT2D eigenvalue weighted by Gasteiger charge is -2.15. The molecular weight excluding hydrogens is 254 g/mol. The van der Waals surface area contributed by atoms with Gasteiger partial charge in [0.25, 0.3) is 0 Å². The van der Waals surface area contributed by atoms with Crippen LogP contribution < -0.4 is 0 Å². The minimum Gasteiger partial charge on any atom is -0.481 e. The van der Waals surface area contributed by atoms with Gasteiger partial charge in [-0.25, -0.2) is 0 Å². The molecule has 4 heteroatoms. The number of carboxylic acids is 1. The number of rotatable bonds is 9. The first kappa shape index (κ1) is 17.0. The molecular formula is C16H29NO3. The van der Waals surface area contributed by atoms with Gasteiger partial charge in [0.05, 0.1) is 5.92 Å². The average Bonchev–Trinajstić information content (AvgIpc) is 2.80. The molecule has 1 N–H and O–H groups in total. The van der Waals surface area contributed by atoms with Gasteiger partial charge in [-0.2, -0.15) is 0 Å². The van der Waals surface area contributed by atoms with E-state index in [2.05, 4.69) is 6.92 Å². The van der Waals surface area contributed by atoms with E-state index < -0.39 is 5.97 Å². The summed E-state index contributed by atoms with van der Waals surface area (Å²) in [6.45, 7) is 5.12. The molecule has 1 aliphatic rings. The number of likely N-dealkylation sites (tertiary alicyclic amines) is 1. The predicted octanol–water partition coefficient (Wildman–Crippen LogP) is 3.31. The molecule has 0 aromatic carbocycles. The number of hydrogen-bond donors (Lipinski definition) is 1. The number of hydrogen-bond acceptors (Lipinski definition) is 2. The van der Waals surface area contributed by atoms with E-state index in [4.69, 9.17) is 5.11 Å². The standard InChI is InChI=1S/C16H29NO3/c1-3-4-5-6-7-8-9-10-15(18)17-11-13(2)14(12-17)16(19)20/h13-14H,3-12H2,1-2H3,(H,19,20). The number of carboxylic acid groups (broad SMARTS) is 1. The van der Waals surface area contributed by atoms with Crippen LogP contribution in [0.3, 0.4) is 0 Å². The second-order valence-electron chi connectivity index (χ2n) is 6.09. The Labute approximate surface area is 122 Å². The third-order valence-electron chi connectivity index (χ3n) is 4.28. The van der Waals surface area contributed by atoms with Crippen LogP contribution in [0.5, 0.6) is 0 Å². The van der Waals surface area contributed by atoms with Gasteiger partial charge in [0.2, 0.25) is 5.91 Å². The molecule has 0 radical (unpaired) electrons. The average molecular weight is 283 g/mol. The van der Waals surface area contributed by atoms with E-state index in [0.29, 0.717) is 19.5 Å². The second kappa shape index (κ2) is 8.98. The fraction of sp³-hybridized carbons (Fsp3) is 0.875. The number of carbonyl (C=O) groups is 2. The lowest BCUT2D eigenvalue weighted by molar-refractivity contribution is -0.142. The van der Waals surface area contributed by atoms with Crippen molar-refractivity contribution in [2.24, 2.45) is 11.8 Å². The molecule has 0 aromatic heterocycles. The van der Waals surface area contributed by atoms with E-state index in [1.165, 1.54) is 32.1 Å². The Kier molecular flexibility index (Phi) is 7.63. The van der Waals surface area contributed by atoms with Gasteiger partial charge in [0, 0.05) is 19.5 Å². The van der Waals surface area contributed by atoms with Crippen molar-refractivity contribution in [3.8, 4) is 0 Å². The molecule has 0 saturated carbocycles. The van der Waals surface area contributed by atoms with E-state index >= 15 is 0 Å². The summed E-state index contributed by atoms with van der Waals surface area (Å²) in [5.74, 6) is -0.948. The van der Waals surface area contributed by atoms with Crippen molar-refractivity contribution in [2.45, 2.75) is 65.2 Å². The normalized spacial score (nSPS) is 22.2. The molecule has 0 spiro atoms. The first-order valence-corrected chi connectivity index (χ1v) is 8.06. The van der Waals surface area contributed by atoms with Gasteiger partial charge in [-0.05, 0) is 12.3 Å². The van der Waals surface area contributed by atoms with E-state index in [1.54, 1.807) is 4.90 Å². The van der Waals surface area contributed by atoms with Crippen molar-refractivity contribution < 1.29 is 14.7 Å². The summed E-state index contributed by atoms with van der Waals surface area (Å²) in [4.78, 5) is 24.8.